The molecule has 142 valence electrons. The first-order valence-corrected chi connectivity index (χ1v) is 9.01. The van der Waals surface area contributed by atoms with Gasteiger partial charge in [-0.3, -0.25) is 9.59 Å². The first kappa shape index (κ1) is 19.4. The minimum atomic E-state index is -0.207. The number of rotatable bonds is 6. The Morgan fingerprint density at radius 2 is 1.75 bits per heavy atom. The van der Waals surface area contributed by atoms with Crippen LogP contribution in [0.15, 0.2) is 66.9 Å². The molecule has 0 aliphatic heterocycles. The third-order valence-corrected chi connectivity index (χ3v) is 4.10. The van der Waals surface area contributed by atoms with Crippen LogP contribution in [0.4, 0.5) is 17.2 Å². The van der Waals surface area contributed by atoms with E-state index >= 15 is 0 Å². The van der Waals surface area contributed by atoms with Crippen LogP contribution in [0.3, 0.4) is 0 Å². The van der Waals surface area contributed by atoms with Crippen molar-refractivity contribution in [2.45, 2.75) is 13.5 Å². The van der Waals surface area contributed by atoms with Gasteiger partial charge in [-0.15, -0.1) is 0 Å². The Hall–Kier alpha value is -3.38. The van der Waals surface area contributed by atoms with E-state index in [2.05, 4.69) is 20.9 Å². The predicted molar refractivity (Wildman–Crippen MR) is 111 cm³/mol. The van der Waals surface area contributed by atoms with Crippen molar-refractivity contribution in [1.82, 2.24) is 10.3 Å². The van der Waals surface area contributed by atoms with Crippen LogP contribution in [0.2, 0.25) is 5.02 Å². The first-order valence-electron chi connectivity index (χ1n) is 8.63. The highest BCUT2D eigenvalue weighted by molar-refractivity contribution is 6.30. The molecular weight excluding hydrogens is 376 g/mol. The summed E-state index contributed by atoms with van der Waals surface area (Å²) in [5, 5.41) is 9.37. The number of benzene rings is 2. The van der Waals surface area contributed by atoms with Crippen molar-refractivity contribution < 1.29 is 9.59 Å². The number of amides is 2. The monoisotopic (exact) mass is 394 g/mol. The van der Waals surface area contributed by atoms with Crippen LogP contribution in [0.5, 0.6) is 0 Å². The summed E-state index contributed by atoms with van der Waals surface area (Å²) in [7, 11) is 0. The Labute approximate surface area is 168 Å². The Bertz CT molecular complexity index is 972. The summed E-state index contributed by atoms with van der Waals surface area (Å²) >= 11 is 5.85. The average molecular weight is 395 g/mol. The molecule has 0 unspecified atom stereocenters. The fourth-order valence-electron chi connectivity index (χ4n) is 2.51. The normalized spacial score (nSPS) is 10.2. The minimum Gasteiger partial charge on any atom is -0.348 e. The SMILES string of the molecule is CC(=O)Nc1cccc(Nc2ccc(C(=O)NCc3ccc(Cl)cc3)cn2)c1. The molecule has 1 aromatic heterocycles. The number of pyridine rings is 1. The second-order valence-corrected chi connectivity index (χ2v) is 6.56. The van der Waals surface area contributed by atoms with Crippen LogP contribution in [0, 0.1) is 0 Å². The molecule has 3 aromatic rings. The number of nitrogens with zero attached hydrogens (tertiary/aromatic N) is 1. The van der Waals surface area contributed by atoms with E-state index in [1.807, 2.05) is 24.3 Å². The van der Waals surface area contributed by atoms with E-state index in [-0.39, 0.29) is 11.8 Å². The Morgan fingerprint density at radius 3 is 2.43 bits per heavy atom. The van der Waals surface area contributed by atoms with Crippen molar-refractivity contribution in [3.05, 3.63) is 83.0 Å². The molecule has 7 heteroatoms. The van der Waals surface area contributed by atoms with Crippen LogP contribution < -0.4 is 16.0 Å². The minimum absolute atomic E-state index is 0.135. The van der Waals surface area contributed by atoms with Gasteiger partial charge in [0.1, 0.15) is 5.82 Å². The number of halogens is 1. The van der Waals surface area contributed by atoms with Crippen LogP contribution in [-0.4, -0.2) is 16.8 Å². The van der Waals surface area contributed by atoms with E-state index in [1.54, 1.807) is 36.4 Å². The van der Waals surface area contributed by atoms with Crippen molar-refractivity contribution in [1.29, 1.82) is 0 Å². The molecule has 0 saturated carbocycles. The second kappa shape index (κ2) is 9.01. The summed E-state index contributed by atoms with van der Waals surface area (Å²) in [6.07, 6.45) is 1.51. The zero-order valence-electron chi connectivity index (χ0n) is 15.2. The highest BCUT2D eigenvalue weighted by atomic mass is 35.5. The van der Waals surface area contributed by atoms with Crippen molar-refractivity contribution >= 4 is 40.6 Å². The van der Waals surface area contributed by atoms with Gasteiger partial charge in [0.05, 0.1) is 5.56 Å². The number of hydrogen-bond acceptors (Lipinski definition) is 4. The molecule has 2 amide bonds. The summed E-state index contributed by atoms with van der Waals surface area (Å²) < 4.78 is 0. The van der Waals surface area contributed by atoms with Gasteiger partial charge in [-0.05, 0) is 48.0 Å². The van der Waals surface area contributed by atoms with Gasteiger partial charge in [0, 0.05) is 36.1 Å². The van der Waals surface area contributed by atoms with Gasteiger partial charge in [0.15, 0.2) is 0 Å². The largest absolute Gasteiger partial charge is 0.348 e. The molecule has 3 N–H and O–H groups in total. The van der Waals surface area contributed by atoms with Gasteiger partial charge < -0.3 is 16.0 Å². The molecule has 0 aliphatic carbocycles. The van der Waals surface area contributed by atoms with E-state index in [9.17, 15) is 9.59 Å². The Balaban J connectivity index is 1.59. The van der Waals surface area contributed by atoms with E-state index in [0.717, 1.165) is 11.3 Å². The Kier molecular flexibility index (Phi) is 6.24. The topological polar surface area (TPSA) is 83.1 Å². The zero-order chi connectivity index (χ0) is 19.9. The third-order valence-electron chi connectivity index (χ3n) is 3.85. The third kappa shape index (κ3) is 5.56. The summed E-state index contributed by atoms with van der Waals surface area (Å²) in [5.74, 6) is 0.250. The molecule has 0 radical (unpaired) electrons. The quantitative estimate of drug-likeness (QED) is 0.579. The summed E-state index contributed by atoms with van der Waals surface area (Å²) in [6.45, 7) is 1.87. The number of aromatic nitrogens is 1. The lowest BCUT2D eigenvalue weighted by atomic mass is 10.2. The number of hydrogen-bond donors (Lipinski definition) is 3. The van der Waals surface area contributed by atoms with E-state index in [1.165, 1.54) is 13.1 Å². The van der Waals surface area contributed by atoms with Gasteiger partial charge in [-0.2, -0.15) is 0 Å². The molecule has 0 atom stereocenters. The maximum atomic E-state index is 12.3. The molecular formula is C21H19ClN4O2. The fraction of sp³-hybridized carbons (Fsp3) is 0.0952. The van der Waals surface area contributed by atoms with Gasteiger partial charge in [-0.25, -0.2) is 4.98 Å². The van der Waals surface area contributed by atoms with Crippen molar-refractivity contribution in [3.8, 4) is 0 Å². The average Bonchev–Trinajstić information content (AvgIpc) is 2.68. The number of nitrogens with one attached hydrogen (secondary N) is 3. The van der Waals surface area contributed by atoms with Crippen molar-refractivity contribution in [3.63, 3.8) is 0 Å². The number of carbonyl (C=O) groups is 2. The lowest BCUT2D eigenvalue weighted by Crippen LogP contribution is -2.22. The molecule has 0 bridgehead atoms. The first-order chi connectivity index (χ1) is 13.5. The van der Waals surface area contributed by atoms with Gasteiger partial charge in [-0.1, -0.05) is 29.8 Å². The molecule has 1 heterocycles. The zero-order valence-corrected chi connectivity index (χ0v) is 16.0. The van der Waals surface area contributed by atoms with E-state index in [0.29, 0.717) is 28.6 Å². The number of anilines is 3. The lowest BCUT2D eigenvalue weighted by molar-refractivity contribution is -0.114. The van der Waals surface area contributed by atoms with Crippen molar-refractivity contribution in [2.24, 2.45) is 0 Å². The molecule has 0 saturated heterocycles. The van der Waals surface area contributed by atoms with Crippen LogP contribution >= 0.6 is 11.6 Å². The van der Waals surface area contributed by atoms with Gasteiger partial charge in [0.2, 0.25) is 5.91 Å². The summed E-state index contributed by atoms with van der Waals surface area (Å²) in [5.41, 5.74) is 2.89. The van der Waals surface area contributed by atoms with Gasteiger partial charge in [0.25, 0.3) is 5.91 Å². The molecule has 0 aliphatic rings. The fourth-order valence-corrected chi connectivity index (χ4v) is 2.64. The molecule has 0 spiro atoms. The highest BCUT2D eigenvalue weighted by Crippen LogP contribution is 2.19. The van der Waals surface area contributed by atoms with E-state index < -0.39 is 0 Å². The van der Waals surface area contributed by atoms with Crippen LogP contribution in [-0.2, 0) is 11.3 Å². The van der Waals surface area contributed by atoms with Crippen molar-refractivity contribution in [2.75, 3.05) is 10.6 Å². The standard InChI is InChI=1S/C21H19ClN4O2/c1-14(27)25-18-3-2-4-19(11-18)26-20-10-7-16(13-23-20)21(28)24-12-15-5-8-17(22)9-6-15/h2-11,13H,12H2,1H3,(H,23,26)(H,24,28)(H,25,27). The predicted octanol–water partition coefficient (Wildman–Crippen LogP) is 4.37. The van der Waals surface area contributed by atoms with Gasteiger partial charge >= 0.3 is 0 Å². The highest BCUT2D eigenvalue weighted by Gasteiger charge is 2.07. The van der Waals surface area contributed by atoms with E-state index in [4.69, 9.17) is 11.6 Å². The summed E-state index contributed by atoms with van der Waals surface area (Å²) in [4.78, 5) is 27.7. The maximum Gasteiger partial charge on any atom is 0.253 e. The second-order valence-electron chi connectivity index (χ2n) is 6.13. The molecule has 2 aromatic carbocycles. The molecule has 0 fully saturated rings. The Morgan fingerprint density at radius 1 is 1.00 bits per heavy atom. The van der Waals surface area contributed by atoms with Crippen LogP contribution in [0.25, 0.3) is 0 Å². The van der Waals surface area contributed by atoms with Crippen LogP contribution in [0.1, 0.15) is 22.8 Å². The molecule has 28 heavy (non-hydrogen) atoms. The smallest absolute Gasteiger partial charge is 0.253 e. The number of carbonyl (C=O) groups excluding carboxylic acids is 2. The lowest BCUT2D eigenvalue weighted by Gasteiger charge is -2.09. The molecule has 6 nitrogen and oxygen atoms in total. The maximum absolute atomic E-state index is 12.3. The molecule has 3 rings (SSSR count). The summed E-state index contributed by atoms with van der Waals surface area (Å²) in [6, 6.07) is 18.0.